The summed E-state index contributed by atoms with van der Waals surface area (Å²) < 4.78 is 9.90. The predicted octanol–water partition coefficient (Wildman–Crippen LogP) is 2.44. The third kappa shape index (κ3) is 3.83. The van der Waals surface area contributed by atoms with Gasteiger partial charge in [0, 0.05) is 10.6 Å². The van der Waals surface area contributed by atoms with Crippen molar-refractivity contribution in [2.75, 3.05) is 12.4 Å². The predicted molar refractivity (Wildman–Crippen MR) is 75.7 cm³/mol. The van der Waals surface area contributed by atoms with Gasteiger partial charge in [0.1, 0.15) is 12.4 Å². The number of esters is 1. The lowest BCUT2D eigenvalue weighted by atomic mass is 10.3. The van der Waals surface area contributed by atoms with Crippen molar-refractivity contribution in [1.82, 2.24) is 0 Å². The van der Waals surface area contributed by atoms with E-state index in [9.17, 15) is 9.59 Å². The van der Waals surface area contributed by atoms with Crippen LogP contribution < -0.4 is 10.1 Å². The first-order chi connectivity index (χ1) is 9.69. The Bertz CT molecular complexity index is 578. The molecule has 6 heteroatoms. The summed E-state index contributed by atoms with van der Waals surface area (Å²) in [7, 11) is 1.55. The number of carbonyl (C=O) groups is 2. The number of carbonyl (C=O) groups excluding carboxylic acids is 2. The summed E-state index contributed by atoms with van der Waals surface area (Å²) >= 11 is 1.46. The van der Waals surface area contributed by atoms with Crippen LogP contribution in [0.3, 0.4) is 0 Å². The third-order valence-corrected chi connectivity index (χ3v) is 3.31. The topological polar surface area (TPSA) is 64.6 Å². The van der Waals surface area contributed by atoms with Crippen LogP contribution in [0.15, 0.2) is 41.8 Å². The Morgan fingerprint density at radius 3 is 2.55 bits per heavy atom. The molecule has 1 heterocycles. The number of ether oxygens (including phenoxy) is 2. The second kappa shape index (κ2) is 6.72. The summed E-state index contributed by atoms with van der Waals surface area (Å²) in [6.07, 6.45) is 0. The lowest BCUT2D eigenvalue weighted by Crippen LogP contribution is -2.24. The van der Waals surface area contributed by atoms with Crippen LogP contribution >= 0.6 is 11.3 Å². The number of hydrogen-bond donors (Lipinski definition) is 1. The maximum atomic E-state index is 11.6. The minimum atomic E-state index is -0.908. The maximum Gasteiger partial charge on any atom is 0.397 e. The van der Waals surface area contributed by atoms with Gasteiger partial charge < -0.3 is 14.8 Å². The number of thiophene rings is 1. The number of nitrogens with one attached hydrogen (secondary N) is 1. The lowest BCUT2D eigenvalue weighted by Gasteiger charge is -2.06. The van der Waals surface area contributed by atoms with Crippen molar-refractivity contribution in [2.45, 2.75) is 6.61 Å². The van der Waals surface area contributed by atoms with Gasteiger partial charge in [-0.25, -0.2) is 4.79 Å². The first kappa shape index (κ1) is 14.1. The smallest absolute Gasteiger partial charge is 0.397 e. The number of rotatable bonds is 4. The average molecular weight is 291 g/mol. The minimum absolute atomic E-state index is 0.104. The highest BCUT2D eigenvalue weighted by Gasteiger charge is 2.15. The van der Waals surface area contributed by atoms with Gasteiger partial charge in [-0.3, -0.25) is 4.79 Å². The molecule has 1 N–H and O–H groups in total. The van der Waals surface area contributed by atoms with Gasteiger partial charge in [-0.15, -0.1) is 11.3 Å². The van der Waals surface area contributed by atoms with Gasteiger partial charge in [0.15, 0.2) is 0 Å². The molecule has 2 rings (SSSR count). The largest absolute Gasteiger partial charge is 0.497 e. The van der Waals surface area contributed by atoms with Crippen molar-refractivity contribution < 1.29 is 19.1 Å². The van der Waals surface area contributed by atoms with Crippen LogP contribution in [0.4, 0.5) is 5.69 Å². The number of hydrogen-bond acceptors (Lipinski definition) is 5. The standard InChI is InChI=1S/C14H13NO4S/c1-18-11-6-4-10(5-7-11)15-13(16)14(17)19-9-12-3-2-8-20-12/h2-8H,9H2,1H3,(H,15,16). The van der Waals surface area contributed by atoms with E-state index in [1.54, 1.807) is 31.4 Å². The molecule has 0 aliphatic carbocycles. The van der Waals surface area contributed by atoms with Crippen LogP contribution in [-0.2, 0) is 20.9 Å². The van der Waals surface area contributed by atoms with Crippen LogP contribution in [0.25, 0.3) is 0 Å². The molecule has 20 heavy (non-hydrogen) atoms. The molecule has 0 spiro atoms. The molecule has 2 aromatic rings. The monoisotopic (exact) mass is 291 g/mol. The fourth-order valence-corrected chi connectivity index (χ4v) is 2.07. The SMILES string of the molecule is COc1ccc(NC(=O)C(=O)OCc2cccs2)cc1. The molecule has 0 aliphatic heterocycles. The summed E-state index contributed by atoms with van der Waals surface area (Å²) in [6.45, 7) is 0.104. The van der Waals surface area contributed by atoms with Crippen molar-refractivity contribution in [3.8, 4) is 5.75 Å². The zero-order chi connectivity index (χ0) is 14.4. The molecular formula is C14H13NO4S. The molecule has 5 nitrogen and oxygen atoms in total. The van der Waals surface area contributed by atoms with Crippen LogP contribution in [0.1, 0.15) is 4.88 Å². The molecule has 0 saturated heterocycles. The number of amides is 1. The molecule has 0 saturated carbocycles. The summed E-state index contributed by atoms with van der Waals surface area (Å²) in [5, 5.41) is 4.33. The molecular weight excluding hydrogens is 278 g/mol. The fourth-order valence-electron chi connectivity index (χ4n) is 1.45. The Kier molecular flexibility index (Phi) is 4.73. The van der Waals surface area contributed by atoms with E-state index in [-0.39, 0.29) is 6.61 Å². The van der Waals surface area contributed by atoms with Gasteiger partial charge in [-0.05, 0) is 35.7 Å². The summed E-state index contributed by atoms with van der Waals surface area (Å²) in [6, 6.07) is 10.3. The van der Waals surface area contributed by atoms with E-state index in [0.29, 0.717) is 11.4 Å². The van der Waals surface area contributed by atoms with E-state index in [2.05, 4.69) is 5.32 Å². The van der Waals surface area contributed by atoms with Gasteiger partial charge in [0.25, 0.3) is 0 Å². The third-order valence-electron chi connectivity index (χ3n) is 2.46. The number of methoxy groups -OCH3 is 1. The first-order valence-corrected chi connectivity index (χ1v) is 6.71. The van der Waals surface area contributed by atoms with Crippen LogP contribution in [0.5, 0.6) is 5.75 Å². The van der Waals surface area contributed by atoms with E-state index < -0.39 is 11.9 Å². The van der Waals surface area contributed by atoms with Crippen LogP contribution in [0.2, 0.25) is 0 Å². The summed E-state index contributed by atoms with van der Waals surface area (Å²) in [5.74, 6) is -1.04. The van der Waals surface area contributed by atoms with Gasteiger partial charge in [0.05, 0.1) is 7.11 Å². The highest BCUT2D eigenvalue weighted by Crippen LogP contribution is 2.15. The van der Waals surface area contributed by atoms with E-state index in [1.807, 2.05) is 17.5 Å². The van der Waals surface area contributed by atoms with Gasteiger partial charge in [0.2, 0.25) is 0 Å². The first-order valence-electron chi connectivity index (χ1n) is 5.83. The second-order valence-corrected chi connectivity index (χ2v) is 4.87. The maximum absolute atomic E-state index is 11.6. The van der Waals surface area contributed by atoms with Crippen molar-refractivity contribution >= 4 is 28.9 Å². The average Bonchev–Trinajstić information content (AvgIpc) is 2.98. The zero-order valence-corrected chi connectivity index (χ0v) is 11.6. The summed E-state index contributed by atoms with van der Waals surface area (Å²) in [4.78, 5) is 24.0. The highest BCUT2D eigenvalue weighted by atomic mass is 32.1. The highest BCUT2D eigenvalue weighted by molar-refractivity contribution is 7.09. The molecule has 0 aliphatic rings. The normalized spacial score (nSPS) is 9.85. The van der Waals surface area contributed by atoms with Gasteiger partial charge in [-0.1, -0.05) is 6.07 Å². The molecule has 1 amide bonds. The Hall–Kier alpha value is -2.34. The molecule has 0 radical (unpaired) electrons. The molecule has 0 unspecified atom stereocenters. The number of benzene rings is 1. The molecule has 0 atom stereocenters. The second-order valence-electron chi connectivity index (χ2n) is 3.84. The lowest BCUT2D eigenvalue weighted by molar-refractivity contribution is -0.153. The van der Waals surface area contributed by atoms with E-state index in [4.69, 9.17) is 9.47 Å². The van der Waals surface area contributed by atoms with Crippen molar-refractivity contribution in [2.24, 2.45) is 0 Å². The fraction of sp³-hybridized carbons (Fsp3) is 0.143. The molecule has 1 aromatic heterocycles. The Morgan fingerprint density at radius 2 is 1.95 bits per heavy atom. The van der Waals surface area contributed by atoms with Crippen molar-refractivity contribution in [3.63, 3.8) is 0 Å². The van der Waals surface area contributed by atoms with E-state index >= 15 is 0 Å². The molecule has 0 fully saturated rings. The Balaban J connectivity index is 1.85. The molecule has 0 bridgehead atoms. The Labute approximate surface area is 120 Å². The van der Waals surface area contributed by atoms with E-state index in [1.165, 1.54) is 11.3 Å². The van der Waals surface area contributed by atoms with Crippen LogP contribution in [0, 0.1) is 0 Å². The minimum Gasteiger partial charge on any atom is -0.497 e. The molecule has 1 aromatic carbocycles. The van der Waals surface area contributed by atoms with Crippen LogP contribution in [-0.4, -0.2) is 19.0 Å². The number of anilines is 1. The molecule has 104 valence electrons. The van der Waals surface area contributed by atoms with Gasteiger partial charge >= 0.3 is 11.9 Å². The van der Waals surface area contributed by atoms with Gasteiger partial charge in [-0.2, -0.15) is 0 Å². The Morgan fingerprint density at radius 1 is 1.20 bits per heavy atom. The van der Waals surface area contributed by atoms with Crippen molar-refractivity contribution in [1.29, 1.82) is 0 Å². The summed E-state index contributed by atoms with van der Waals surface area (Å²) in [5.41, 5.74) is 0.504. The zero-order valence-electron chi connectivity index (χ0n) is 10.8. The van der Waals surface area contributed by atoms with E-state index in [0.717, 1.165) is 4.88 Å². The van der Waals surface area contributed by atoms with Crippen molar-refractivity contribution in [3.05, 3.63) is 46.7 Å². The quantitative estimate of drug-likeness (QED) is 0.694.